The third-order valence-corrected chi connectivity index (χ3v) is 4.01. The summed E-state index contributed by atoms with van der Waals surface area (Å²) < 4.78 is 1.75. The lowest BCUT2D eigenvalue weighted by atomic mass is 9.97. The first-order valence-electron chi connectivity index (χ1n) is 8.77. The monoisotopic (exact) mass is 355 g/mol. The average Bonchev–Trinajstić information content (AvgIpc) is 2.63. The zero-order chi connectivity index (χ0) is 19.1. The predicted molar refractivity (Wildman–Crippen MR) is 102 cm³/mol. The van der Waals surface area contributed by atoms with E-state index in [1.54, 1.807) is 10.8 Å². The van der Waals surface area contributed by atoms with Crippen LogP contribution in [0.15, 0.2) is 53.6 Å². The van der Waals surface area contributed by atoms with Gasteiger partial charge in [-0.25, -0.2) is 0 Å². The van der Waals surface area contributed by atoms with E-state index in [0.717, 1.165) is 5.56 Å². The molecule has 2 N–H and O–H groups in total. The Labute approximate surface area is 153 Å². The van der Waals surface area contributed by atoms with Crippen molar-refractivity contribution in [3.63, 3.8) is 0 Å². The number of nitrogens with zero attached hydrogens (tertiary/aromatic N) is 1. The number of aromatic nitrogens is 1. The number of carbonyl (C=O) groups excluding carboxylic acids is 2. The van der Waals surface area contributed by atoms with Crippen molar-refractivity contribution >= 4 is 17.5 Å². The standard InChI is InChI=1S/C20H25N3O3/c1-4-23-11-10-18(24)17(13-23)22-20(26)19(25)21-16(12-14(2)3)15-8-6-5-7-9-15/h5-11,13-14,16H,4,12H2,1-3H3,(H,21,25)(H,22,26)/t16-/m1/s1. The SMILES string of the molecule is CCn1ccc(=O)c(NC(=O)C(=O)N[C@H](CC(C)C)c2ccccc2)c1. The van der Waals surface area contributed by atoms with Gasteiger partial charge in [-0.2, -0.15) is 0 Å². The van der Waals surface area contributed by atoms with Crippen LogP contribution in [0.5, 0.6) is 0 Å². The molecule has 0 spiro atoms. The third kappa shape index (κ3) is 5.31. The number of benzene rings is 1. The molecule has 1 heterocycles. The van der Waals surface area contributed by atoms with Crippen molar-refractivity contribution in [3.8, 4) is 0 Å². The van der Waals surface area contributed by atoms with Gasteiger partial charge in [-0.3, -0.25) is 14.4 Å². The lowest BCUT2D eigenvalue weighted by Crippen LogP contribution is -2.39. The molecule has 2 aromatic rings. The minimum absolute atomic E-state index is 0.0922. The maximum absolute atomic E-state index is 12.3. The van der Waals surface area contributed by atoms with Gasteiger partial charge in [0.25, 0.3) is 0 Å². The Morgan fingerprint density at radius 2 is 1.77 bits per heavy atom. The maximum Gasteiger partial charge on any atom is 0.313 e. The summed E-state index contributed by atoms with van der Waals surface area (Å²) in [6.07, 6.45) is 3.86. The summed E-state index contributed by atoms with van der Waals surface area (Å²) in [5.74, 6) is -1.26. The fourth-order valence-corrected chi connectivity index (χ4v) is 2.65. The van der Waals surface area contributed by atoms with Gasteiger partial charge < -0.3 is 15.2 Å². The van der Waals surface area contributed by atoms with Gasteiger partial charge in [0.15, 0.2) is 0 Å². The molecule has 0 aliphatic heterocycles. The second-order valence-electron chi connectivity index (χ2n) is 6.57. The van der Waals surface area contributed by atoms with Crippen LogP contribution in [0.25, 0.3) is 0 Å². The second-order valence-corrected chi connectivity index (χ2v) is 6.57. The third-order valence-electron chi connectivity index (χ3n) is 4.01. The Kier molecular flexibility index (Phi) is 6.72. The van der Waals surface area contributed by atoms with Gasteiger partial charge in [-0.05, 0) is 24.8 Å². The van der Waals surface area contributed by atoms with Gasteiger partial charge >= 0.3 is 11.8 Å². The second kappa shape index (κ2) is 8.99. The van der Waals surface area contributed by atoms with Crippen molar-refractivity contribution in [2.45, 2.75) is 39.8 Å². The number of carbonyl (C=O) groups is 2. The van der Waals surface area contributed by atoms with Crippen LogP contribution in [-0.4, -0.2) is 16.4 Å². The number of hydrogen-bond acceptors (Lipinski definition) is 3. The molecule has 6 heteroatoms. The highest BCUT2D eigenvalue weighted by atomic mass is 16.2. The first-order valence-corrected chi connectivity index (χ1v) is 8.77. The van der Waals surface area contributed by atoms with Crippen LogP contribution in [0, 0.1) is 5.92 Å². The van der Waals surface area contributed by atoms with Gasteiger partial charge in [-0.15, -0.1) is 0 Å². The molecule has 0 unspecified atom stereocenters. The zero-order valence-corrected chi connectivity index (χ0v) is 15.4. The van der Waals surface area contributed by atoms with Gasteiger partial charge in [0.1, 0.15) is 5.69 Å². The van der Waals surface area contributed by atoms with E-state index in [0.29, 0.717) is 18.9 Å². The van der Waals surface area contributed by atoms with Crippen molar-refractivity contribution in [1.29, 1.82) is 0 Å². The normalized spacial score (nSPS) is 11.8. The molecule has 0 saturated carbocycles. The number of nitrogens with one attached hydrogen (secondary N) is 2. The molecule has 0 radical (unpaired) electrons. The Morgan fingerprint density at radius 3 is 2.38 bits per heavy atom. The van der Waals surface area contributed by atoms with Crippen molar-refractivity contribution in [1.82, 2.24) is 9.88 Å². The van der Waals surface area contributed by atoms with Crippen LogP contribution < -0.4 is 16.1 Å². The maximum atomic E-state index is 12.3. The molecule has 26 heavy (non-hydrogen) atoms. The molecular formula is C20H25N3O3. The smallest absolute Gasteiger partial charge is 0.313 e. The van der Waals surface area contributed by atoms with E-state index in [1.165, 1.54) is 12.3 Å². The quantitative estimate of drug-likeness (QED) is 0.782. The molecule has 2 amide bonds. The van der Waals surface area contributed by atoms with Crippen LogP contribution >= 0.6 is 0 Å². The summed E-state index contributed by atoms with van der Waals surface area (Å²) in [6.45, 7) is 6.68. The molecule has 1 aromatic heterocycles. The number of pyridine rings is 1. The minimum Gasteiger partial charge on any atom is -0.352 e. The van der Waals surface area contributed by atoms with E-state index in [1.807, 2.05) is 37.3 Å². The van der Waals surface area contributed by atoms with Gasteiger partial charge in [-0.1, -0.05) is 44.2 Å². The van der Waals surface area contributed by atoms with Crippen molar-refractivity contribution in [2.24, 2.45) is 5.92 Å². The number of amides is 2. The van der Waals surface area contributed by atoms with E-state index in [-0.39, 0.29) is 17.2 Å². The number of rotatable bonds is 6. The molecule has 0 aliphatic rings. The van der Waals surface area contributed by atoms with Crippen molar-refractivity contribution in [3.05, 3.63) is 64.6 Å². The van der Waals surface area contributed by atoms with Crippen LogP contribution in [0.2, 0.25) is 0 Å². The lowest BCUT2D eigenvalue weighted by molar-refractivity contribution is -0.136. The van der Waals surface area contributed by atoms with Gasteiger partial charge in [0.2, 0.25) is 5.43 Å². The van der Waals surface area contributed by atoms with Crippen LogP contribution in [0.3, 0.4) is 0 Å². The molecule has 0 fully saturated rings. The number of anilines is 1. The average molecular weight is 355 g/mol. The number of aryl methyl sites for hydroxylation is 1. The van der Waals surface area contributed by atoms with Crippen LogP contribution in [0.1, 0.15) is 38.8 Å². The van der Waals surface area contributed by atoms with E-state index < -0.39 is 11.8 Å². The molecule has 0 aliphatic carbocycles. The lowest BCUT2D eigenvalue weighted by Gasteiger charge is -2.21. The van der Waals surface area contributed by atoms with E-state index in [9.17, 15) is 14.4 Å². The van der Waals surface area contributed by atoms with E-state index in [2.05, 4.69) is 24.5 Å². The summed E-state index contributed by atoms with van der Waals surface area (Å²) in [5, 5.41) is 5.18. The summed E-state index contributed by atoms with van der Waals surface area (Å²) in [4.78, 5) is 36.5. The van der Waals surface area contributed by atoms with Crippen molar-refractivity contribution in [2.75, 3.05) is 5.32 Å². The predicted octanol–water partition coefficient (Wildman–Crippen LogP) is 2.71. The highest BCUT2D eigenvalue weighted by molar-refractivity contribution is 6.39. The summed E-state index contributed by atoms with van der Waals surface area (Å²) in [5.41, 5.74) is 0.697. The molecule has 0 saturated heterocycles. The van der Waals surface area contributed by atoms with Crippen molar-refractivity contribution < 1.29 is 9.59 Å². The van der Waals surface area contributed by atoms with E-state index >= 15 is 0 Å². The summed E-state index contributed by atoms with van der Waals surface area (Å²) >= 11 is 0. The Bertz CT molecular complexity index is 813. The molecule has 1 atom stereocenters. The van der Waals surface area contributed by atoms with Crippen LogP contribution in [0.4, 0.5) is 5.69 Å². The molecule has 2 rings (SSSR count). The molecular weight excluding hydrogens is 330 g/mol. The Hall–Kier alpha value is -2.89. The van der Waals surface area contributed by atoms with Crippen LogP contribution in [-0.2, 0) is 16.1 Å². The fraction of sp³-hybridized carbons (Fsp3) is 0.350. The first-order chi connectivity index (χ1) is 12.4. The summed E-state index contributed by atoms with van der Waals surface area (Å²) in [7, 11) is 0. The first kappa shape index (κ1) is 19.4. The molecule has 0 bridgehead atoms. The minimum atomic E-state index is -0.847. The Morgan fingerprint density at radius 1 is 1.08 bits per heavy atom. The topological polar surface area (TPSA) is 80.2 Å². The van der Waals surface area contributed by atoms with Gasteiger partial charge in [0.05, 0.1) is 6.04 Å². The fourth-order valence-electron chi connectivity index (χ4n) is 2.65. The molecule has 1 aromatic carbocycles. The number of hydrogen-bond donors (Lipinski definition) is 2. The van der Waals surface area contributed by atoms with E-state index in [4.69, 9.17) is 0 Å². The van der Waals surface area contributed by atoms with Gasteiger partial charge in [0, 0.05) is 25.0 Å². The molecule has 138 valence electrons. The largest absolute Gasteiger partial charge is 0.352 e. The Balaban J connectivity index is 2.11. The summed E-state index contributed by atoms with van der Waals surface area (Å²) in [6, 6.07) is 10.6. The molecule has 6 nitrogen and oxygen atoms in total. The zero-order valence-electron chi connectivity index (χ0n) is 15.4. The highest BCUT2D eigenvalue weighted by Crippen LogP contribution is 2.21. The highest BCUT2D eigenvalue weighted by Gasteiger charge is 2.21.